The fraction of sp³-hybridized carbons (Fsp3) is 0.400. The van der Waals surface area contributed by atoms with E-state index in [9.17, 15) is 0 Å². The number of alkyl halides is 1. The second-order valence-electron chi connectivity index (χ2n) is 3.62. The minimum absolute atomic E-state index is 0.383. The predicted molar refractivity (Wildman–Crippen MR) is 61.9 cm³/mol. The number of imidazole rings is 1. The fourth-order valence-corrected chi connectivity index (χ4v) is 1.81. The van der Waals surface area contributed by atoms with E-state index in [0.29, 0.717) is 5.88 Å². The quantitative estimate of drug-likeness (QED) is 0.728. The first-order valence-corrected chi connectivity index (χ1v) is 5.25. The Hall–Kier alpha value is -1.29. The summed E-state index contributed by atoms with van der Waals surface area (Å²) in [4.78, 5) is 8.81. The minimum atomic E-state index is 0.383. The zero-order valence-corrected chi connectivity index (χ0v) is 9.78. The standard InChI is InChI=1S/C10H13ClN4/c1-7-4-5-12-10-9(7)13-8(6-11)15(10)14(2)3/h4-5H,6H2,1-3H3. The molecule has 0 atom stereocenters. The minimum Gasteiger partial charge on any atom is -0.316 e. The second kappa shape index (κ2) is 3.70. The van der Waals surface area contributed by atoms with Crippen molar-refractivity contribution in [3.8, 4) is 0 Å². The molecule has 0 amide bonds. The lowest BCUT2D eigenvalue weighted by Crippen LogP contribution is -2.26. The van der Waals surface area contributed by atoms with Crippen LogP contribution >= 0.6 is 11.6 Å². The molecule has 0 radical (unpaired) electrons. The van der Waals surface area contributed by atoms with E-state index in [0.717, 1.165) is 22.6 Å². The van der Waals surface area contributed by atoms with Gasteiger partial charge in [0, 0.05) is 20.3 Å². The van der Waals surface area contributed by atoms with Gasteiger partial charge in [0.15, 0.2) is 5.65 Å². The van der Waals surface area contributed by atoms with Crippen LogP contribution < -0.4 is 5.01 Å². The van der Waals surface area contributed by atoms with Gasteiger partial charge < -0.3 is 5.01 Å². The van der Waals surface area contributed by atoms with Crippen LogP contribution in [0.15, 0.2) is 12.3 Å². The van der Waals surface area contributed by atoms with Crippen LogP contribution in [0.5, 0.6) is 0 Å². The molecule has 2 aromatic heterocycles. The van der Waals surface area contributed by atoms with Gasteiger partial charge in [-0.25, -0.2) is 14.6 Å². The zero-order valence-electron chi connectivity index (χ0n) is 9.03. The zero-order chi connectivity index (χ0) is 11.0. The number of aryl methyl sites for hydroxylation is 1. The Bertz CT molecular complexity index is 489. The average Bonchev–Trinajstić information content (AvgIpc) is 2.57. The maximum Gasteiger partial charge on any atom is 0.179 e. The first kappa shape index (κ1) is 10.2. The van der Waals surface area contributed by atoms with E-state index in [1.807, 2.05) is 36.8 Å². The lowest BCUT2D eigenvalue weighted by molar-refractivity contribution is 0.713. The molecule has 0 unspecified atom stereocenters. The van der Waals surface area contributed by atoms with E-state index in [-0.39, 0.29) is 0 Å². The highest BCUT2D eigenvalue weighted by Crippen LogP contribution is 2.17. The molecule has 15 heavy (non-hydrogen) atoms. The average molecular weight is 225 g/mol. The number of pyridine rings is 1. The predicted octanol–water partition coefficient (Wildman–Crippen LogP) is 1.68. The van der Waals surface area contributed by atoms with E-state index < -0.39 is 0 Å². The molecule has 0 bridgehead atoms. The van der Waals surface area contributed by atoms with Crippen molar-refractivity contribution in [1.29, 1.82) is 0 Å². The summed E-state index contributed by atoms with van der Waals surface area (Å²) in [6.07, 6.45) is 1.79. The molecule has 0 aliphatic heterocycles. The van der Waals surface area contributed by atoms with Gasteiger partial charge in [0.25, 0.3) is 0 Å². The molecule has 5 heteroatoms. The van der Waals surface area contributed by atoms with Crippen LogP contribution in [0.4, 0.5) is 0 Å². The Morgan fingerprint density at radius 1 is 1.47 bits per heavy atom. The molecule has 2 rings (SSSR count). The van der Waals surface area contributed by atoms with Crippen LogP contribution in [0, 0.1) is 6.92 Å². The molecule has 0 fully saturated rings. The van der Waals surface area contributed by atoms with Crippen LogP contribution in [0.2, 0.25) is 0 Å². The summed E-state index contributed by atoms with van der Waals surface area (Å²) in [5.41, 5.74) is 2.89. The van der Waals surface area contributed by atoms with Gasteiger partial charge in [-0.2, -0.15) is 0 Å². The molecule has 2 aromatic rings. The van der Waals surface area contributed by atoms with E-state index in [1.54, 1.807) is 6.20 Å². The number of nitrogens with zero attached hydrogens (tertiary/aromatic N) is 4. The third-order valence-corrected chi connectivity index (χ3v) is 2.55. The van der Waals surface area contributed by atoms with Crippen molar-refractivity contribution in [3.05, 3.63) is 23.7 Å². The first-order chi connectivity index (χ1) is 7.15. The van der Waals surface area contributed by atoms with Crippen molar-refractivity contribution in [1.82, 2.24) is 14.6 Å². The van der Waals surface area contributed by atoms with E-state index in [2.05, 4.69) is 9.97 Å². The summed E-state index contributed by atoms with van der Waals surface area (Å²) in [7, 11) is 3.89. The summed E-state index contributed by atoms with van der Waals surface area (Å²) in [6, 6.07) is 1.95. The molecule has 0 N–H and O–H groups in total. The van der Waals surface area contributed by atoms with Crippen molar-refractivity contribution in [2.24, 2.45) is 0 Å². The SMILES string of the molecule is Cc1ccnc2c1nc(CCl)n2N(C)C. The number of hydrogen-bond donors (Lipinski definition) is 0. The smallest absolute Gasteiger partial charge is 0.179 e. The van der Waals surface area contributed by atoms with Gasteiger partial charge in [-0.1, -0.05) is 0 Å². The number of rotatable bonds is 2. The monoisotopic (exact) mass is 224 g/mol. The van der Waals surface area contributed by atoms with Crippen LogP contribution in [0.1, 0.15) is 11.4 Å². The second-order valence-corrected chi connectivity index (χ2v) is 3.89. The van der Waals surface area contributed by atoms with Crippen molar-refractivity contribution >= 4 is 22.8 Å². The summed E-state index contributed by atoms with van der Waals surface area (Å²) in [5.74, 6) is 1.20. The molecule has 80 valence electrons. The van der Waals surface area contributed by atoms with Gasteiger partial charge in [-0.05, 0) is 18.6 Å². The first-order valence-electron chi connectivity index (χ1n) is 4.71. The van der Waals surface area contributed by atoms with Crippen molar-refractivity contribution < 1.29 is 0 Å². The lowest BCUT2D eigenvalue weighted by Gasteiger charge is -2.16. The highest BCUT2D eigenvalue weighted by molar-refractivity contribution is 6.16. The Morgan fingerprint density at radius 3 is 2.80 bits per heavy atom. The Kier molecular flexibility index (Phi) is 2.52. The normalized spacial score (nSPS) is 10.9. The molecule has 2 heterocycles. The molecule has 0 spiro atoms. The summed E-state index contributed by atoms with van der Waals surface area (Å²) < 4.78 is 1.93. The Morgan fingerprint density at radius 2 is 2.20 bits per heavy atom. The van der Waals surface area contributed by atoms with Crippen LogP contribution in [0.3, 0.4) is 0 Å². The van der Waals surface area contributed by atoms with Gasteiger partial charge in [0.1, 0.15) is 11.3 Å². The van der Waals surface area contributed by atoms with Crippen molar-refractivity contribution in [3.63, 3.8) is 0 Å². The van der Waals surface area contributed by atoms with E-state index in [4.69, 9.17) is 11.6 Å². The molecule has 0 aliphatic carbocycles. The van der Waals surface area contributed by atoms with Gasteiger partial charge in [-0.15, -0.1) is 11.6 Å². The molecule has 0 aliphatic rings. The molecule has 0 aromatic carbocycles. The van der Waals surface area contributed by atoms with Crippen LogP contribution in [-0.2, 0) is 5.88 Å². The molecule has 4 nitrogen and oxygen atoms in total. The van der Waals surface area contributed by atoms with Crippen molar-refractivity contribution in [2.75, 3.05) is 19.1 Å². The third-order valence-electron chi connectivity index (χ3n) is 2.31. The molecular formula is C10H13ClN4. The largest absolute Gasteiger partial charge is 0.316 e. The maximum absolute atomic E-state index is 5.86. The van der Waals surface area contributed by atoms with Gasteiger partial charge in [0.05, 0.1) is 5.88 Å². The summed E-state index contributed by atoms with van der Waals surface area (Å²) in [5, 5.41) is 1.93. The fourth-order valence-electron chi connectivity index (χ4n) is 1.63. The van der Waals surface area contributed by atoms with Gasteiger partial charge >= 0.3 is 0 Å². The van der Waals surface area contributed by atoms with Gasteiger partial charge in [0.2, 0.25) is 0 Å². The molecular weight excluding hydrogens is 212 g/mol. The third kappa shape index (κ3) is 1.55. The number of hydrogen-bond acceptors (Lipinski definition) is 3. The maximum atomic E-state index is 5.86. The van der Waals surface area contributed by atoms with Gasteiger partial charge in [-0.3, -0.25) is 0 Å². The van der Waals surface area contributed by atoms with E-state index >= 15 is 0 Å². The summed E-state index contributed by atoms with van der Waals surface area (Å²) in [6.45, 7) is 2.02. The molecule has 0 saturated heterocycles. The number of aromatic nitrogens is 3. The van der Waals surface area contributed by atoms with Crippen LogP contribution in [-0.4, -0.2) is 28.7 Å². The number of halogens is 1. The number of fused-ring (bicyclic) bond motifs is 1. The Labute approximate surface area is 93.5 Å². The topological polar surface area (TPSA) is 34.0 Å². The highest BCUT2D eigenvalue weighted by Gasteiger charge is 2.13. The lowest BCUT2D eigenvalue weighted by atomic mass is 10.3. The van der Waals surface area contributed by atoms with Crippen LogP contribution in [0.25, 0.3) is 11.2 Å². The summed E-state index contributed by atoms with van der Waals surface area (Å²) >= 11 is 5.86. The highest BCUT2D eigenvalue weighted by atomic mass is 35.5. The van der Waals surface area contributed by atoms with Crippen molar-refractivity contribution in [2.45, 2.75) is 12.8 Å². The van der Waals surface area contributed by atoms with E-state index in [1.165, 1.54) is 0 Å². The molecule has 0 saturated carbocycles. The Balaban J connectivity index is 2.80.